The van der Waals surface area contributed by atoms with Crippen molar-refractivity contribution >= 4 is 33.0 Å². The molecule has 0 bridgehead atoms. The third-order valence-electron chi connectivity index (χ3n) is 3.54. The van der Waals surface area contributed by atoms with Gasteiger partial charge in [-0.2, -0.15) is 0 Å². The molecule has 1 saturated heterocycles. The summed E-state index contributed by atoms with van der Waals surface area (Å²) in [7, 11) is -3.65. The third kappa shape index (κ3) is 4.37. The largest absolute Gasteiger partial charge is 0.346 e. The van der Waals surface area contributed by atoms with Crippen LogP contribution in [0.5, 0.6) is 0 Å². The maximum Gasteiger partial charge on any atom is 0.238 e. The van der Waals surface area contributed by atoms with E-state index in [1.54, 1.807) is 12.1 Å². The lowest BCUT2D eigenvalue weighted by Crippen LogP contribution is -2.49. The second-order valence-electron chi connectivity index (χ2n) is 4.92. The molecule has 0 radical (unpaired) electrons. The predicted octanol–water partition coefficient (Wildman–Crippen LogP) is 0.668. The fraction of sp³-hybridized carbons (Fsp3) is 0.462. The van der Waals surface area contributed by atoms with Gasteiger partial charge in [0.05, 0.1) is 4.90 Å². The number of nitrogens with zero attached hydrogens (tertiary/aromatic N) is 2. The Morgan fingerprint density at radius 3 is 2.29 bits per heavy atom. The number of rotatable bonds is 3. The number of nitrogens with one attached hydrogen (secondary N) is 1. The number of nitrogens with two attached hydrogens (primary N) is 1. The van der Waals surface area contributed by atoms with E-state index >= 15 is 0 Å². The number of hydrogen-bond acceptors (Lipinski definition) is 4. The van der Waals surface area contributed by atoms with Crippen molar-refractivity contribution in [1.29, 1.82) is 0 Å². The van der Waals surface area contributed by atoms with Crippen LogP contribution in [0.15, 0.2) is 29.2 Å². The Balaban J connectivity index is 1.94. The van der Waals surface area contributed by atoms with Crippen LogP contribution < -0.4 is 10.5 Å². The molecule has 0 aromatic heterocycles. The summed E-state index contributed by atoms with van der Waals surface area (Å²) in [4.78, 5) is 4.59. The second kappa shape index (κ2) is 6.69. The van der Waals surface area contributed by atoms with E-state index in [4.69, 9.17) is 17.4 Å². The minimum absolute atomic E-state index is 0.0931. The number of primary sulfonamides is 1. The van der Waals surface area contributed by atoms with E-state index < -0.39 is 10.0 Å². The number of thiocarbonyl (C=S) groups is 1. The lowest BCUT2D eigenvalue weighted by molar-refractivity contribution is 0.191. The average Bonchev–Trinajstić information content (AvgIpc) is 2.47. The van der Waals surface area contributed by atoms with Crippen molar-refractivity contribution in [2.45, 2.75) is 11.8 Å². The van der Waals surface area contributed by atoms with E-state index in [0.717, 1.165) is 38.4 Å². The molecular weight excluding hydrogens is 308 g/mol. The molecule has 1 fully saturated rings. The molecule has 1 aromatic rings. The Morgan fingerprint density at radius 1 is 1.24 bits per heavy atom. The van der Waals surface area contributed by atoms with Gasteiger partial charge in [0.2, 0.25) is 10.0 Å². The molecule has 1 aliphatic rings. The summed E-state index contributed by atoms with van der Waals surface area (Å²) in [6.45, 7) is 7.01. The average molecular weight is 328 g/mol. The Labute approximate surface area is 131 Å². The Kier molecular flexibility index (Phi) is 5.15. The van der Waals surface area contributed by atoms with Crippen molar-refractivity contribution in [3.05, 3.63) is 24.3 Å². The van der Waals surface area contributed by atoms with Gasteiger partial charge >= 0.3 is 0 Å². The van der Waals surface area contributed by atoms with E-state index in [1.807, 2.05) is 0 Å². The van der Waals surface area contributed by atoms with Crippen molar-refractivity contribution in [1.82, 2.24) is 9.80 Å². The quantitative estimate of drug-likeness (QED) is 0.794. The van der Waals surface area contributed by atoms with E-state index in [2.05, 4.69) is 22.0 Å². The number of sulfonamides is 1. The highest BCUT2D eigenvalue weighted by atomic mass is 32.2. The van der Waals surface area contributed by atoms with Crippen LogP contribution in [0.2, 0.25) is 0 Å². The second-order valence-corrected chi connectivity index (χ2v) is 6.87. The molecule has 0 spiro atoms. The first-order valence-electron chi connectivity index (χ1n) is 6.81. The Morgan fingerprint density at radius 2 is 1.81 bits per heavy atom. The zero-order valence-electron chi connectivity index (χ0n) is 11.9. The maximum atomic E-state index is 11.2. The lowest BCUT2D eigenvalue weighted by Gasteiger charge is -2.35. The van der Waals surface area contributed by atoms with Gasteiger partial charge in [-0.15, -0.1) is 0 Å². The number of benzene rings is 1. The van der Waals surface area contributed by atoms with Gasteiger partial charge in [-0.1, -0.05) is 6.92 Å². The van der Waals surface area contributed by atoms with E-state index in [-0.39, 0.29) is 4.90 Å². The molecule has 6 nitrogen and oxygen atoms in total. The van der Waals surface area contributed by atoms with E-state index in [9.17, 15) is 8.42 Å². The van der Waals surface area contributed by atoms with Gasteiger partial charge in [0, 0.05) is 31.9 Å². The number of piperazine rings is 1. The van der Waals surface area contributed by atoms with Crippen LogP contribution in [-0.2, 0) is 10.0 Å². The Hall–Kier alpha value is -1.22. The maximum absolute atomic E-state index is 11.2. The zero-order chi connectivity index (χ0) is 15.5. The lowest BCUT2D eigenvalue weighted by atomic mass is 10.3. The molecule has 21 heavy (non-hydrogen) atoms. The molecule has 1 heterocycles. The molecular formula is C13H20N4O2S2. The summed E-state index contributed by atoms with van der Waals surface area (Å²) in [5.41, 5.74) is 0.755. The van der Waals surface area contributed by atoms with Gasteiger partial charge in [0.15, 0.2) is 5.11 Å². The van der Waals surface area contributed by atoms with Crippen LogP contribution in [0.25, 0.3) is 0 Å². The van der Waals surface area contributed by atoms with Gasteiger partial charge in [-0.25, -0.2) is 13.6 Å². The molecule has 2 rings (SSSR count). The van der Waals surface area contributed by atoms with Gasteiger partial charge in [-0.3, -0.25) is 0 Å². The topological polar surface area (TPSA) is 78.7 Å². The summed E-state index contributed by atoms with van der Waals surface area (Å²) in [5.74, 6) is 0. The highest BCUT2D eigenvalue weighted by Crippen LogP contribution is 2.14. The van der Waals surface area contributed by atoms with E-state index in [1.165, 1.54) is 12.1 Å². The van der Waals surface area contributed by atoms with Gasteiger partial charge in [0.25, 0.3) is 0 Å². The third-order valence-corrected chi connectivity index (χ3v) is 4.83. The molecule has 3 N–H and O–H groups in total. The van der Waals surface area contributed by atoms with Crippen molar-refractivity contribution in [2.24, 2.45) is 5.14 Å². The molecule has 8 heteroatoms. The molecule has 0 atom stereocenters. The van der Waals surface area contributed by atoms with Crippen molar-refractivity contribution in [2.75, 3.05) is 38.0 Å². The molecule has 0 unspecified atom stereocenters. The highest BCUT2D eigenvalue weighted by molar-refractivity contribution is 7.89. The fourth-order valence-corrected chi connectivity index (χ4v) is 3.01. The van der Waals surface area contributed by atoms with Crippen LogP contribution in [0.3, 0.4) is 0 Å². The van der Waals surface area contributed by atoms with Crippen LogP contribution in [0.4, 0.5) is 5.69 Å². The van der Waals surface area contributed by atoms with Gasteiger partial charge in [0.1, 0.15) is 0 Å². The molecule has 0 aliphatic carbocycles. The van der Waals surface area contributed by atoms with Crippen LogP contribution in [0.1, 0.15) is 6.92 Å². The Bertz CT molecular complexity index is 593. The predicted molar refractivity (Wildman–Crippen MR) is 87.7 cm³/mol. The van der Waals surface area contributed by atoms with E-state index in [0.29, 0.717) is 5.11 Å². The van der Waals surface area contributed by atoms with Crippen LogP contribution in [0, 0.1) is 0 Å². The molecule has 116 valence electrons. The summed E-state index contributed by atoms with van der Waals surface area (Å²) in [6, 6.07) is 6.26. The van der Waals surface area contributed by atoms with Crippen molar-refractivity contribution < 1.29 is 8.42 Å². The van der Waals surface area contributed by atoms with Gasteiger partial charge < -0.3 is 15.1 Å². The molecule has 0 amide bonds. The summed E-state index contributed by atoms with van der Waals surface area (Å²) < 4.78 is 22.4. The molecule has 0 saturated carbocycles. The van der Waals surface area contributed by atoms with Crippen LogP contribution >= 0.6 is 12.2 Å². The van der Waals surface area contributed by atoms with Crippen molar-refractivity contribution in [3.8, 4) is 0 Å². The number of anilines is 1. The summed E-state index contributed by atoms with van der Waals surface area (Å²) in [6.07, 6.45) is 0. The fourth-order valence-electron chi connectivity index (χ4n) is 2.20. The first kappa shape index (κ1) is 16.2. The molecule has 1 aromatic carbocycles. The SMILES string of the molecule is CCN1CCN(C(=S)Nc2ccc(S(N)(=O)=O)cc2)CC1. The minimum Gasteiger partial charge on any atom is -0.346 e. The summed E-state index contributed by atoms with van der Waals surface area (Å²) >= 11 is 5.39. The molecule has 1 aliphatic heterocycles. The number of likely N-dealkylation sites (N-methyl/N-ethyl adjacent to an activating group) is 1. The zero-order valence-corrected chi connectivity index (χ0v) is 13.6. The van der Waals surface area contributed by atoms with Crippen LogP contribution in [-0.4, -0.2) is 56.1 Å². The first-order chi connectivity index (χ1) is 9.90. The minimum atomic E-state index is -3.65. The van der Waals surface area contributed by atoms with Gasteiger partial charge in [-0.05, 0) is 43.0 Å². The summed E-state index contributed by atoms with van der Waals surface area (Å²) in [5, 5.41) is 8.85. The monoisotopic (exact) mass is 328 g/mol. The number of hydrogen-bond donors (Lipinski definition) is 2. The standard InChI is InChI=1S/C13H20N4O2S2/c1-2-16-7-9-17(10-8-16)13(20)15-11-3-5-12(6-4-11)21(14,18)19/h3-6H,2,7-10H2,1H3,(H,15,20)(H2,14,18,19). The smallest absolute Gasteiger partial charge is 0.238 e. The van der Waals surface area contributed by atoms with Crippen molar-refractivity contribution in [3.63, 3.8) is 0 Å². The first-order valence-corrected chi connectivity index (χ1v) is 8.77. The highest BCUT2D eigenvalue weighted by Gasteiger charge is 2.17. The normalized spacial score (nSPS) is 16.8.